The van der Waals surface area contributed by atoms with Crippen molar-refractivity contribution in [3.8, 4) is 0 Å². The lowest BCUT2D eigenvalue weighted by Gasteiger charge is -1.98. The fraction of sp³-hybridized carbons (Fsp3) is 0.100. The molecule has 0 aromatic carbocycles. The maximum Gasteiger partial charge on any atom is 0.371 e. The van der Waals surface area contributed by atoms with Crippen LogP contribution in [0.5, 0.6) is 0 Å². The Balaban J connectivity index is 1.97. The van der Waals surface area contributed by atoms with Gasteiger partial charge in [0.15, 0.2) is 5.76 Å². The largest absolute Gasteiger partial charge is 0.475 e. The first kappa shape index (κ1) is 10.9. The van der Waals surface area contributed by atoms with Gasteiger partial charge in [0, 0.05) is 6.07 Å². The summed E-state index contributed by atoms with van der Waals surface area (Å²) in [5, 5.41) is 14.7. The second-order valence-corrected chi connectivity index (χ2v) is 3.14. The third kappa shape index (κ3) is 2.51. The Morgan fingerprint density at radius 1 is 1.29 bits per heavy atom. The number of carbonyl (C=O) groups is 2. The fourth-order valence-corrected chi connectivity index (χ4v) is 1.16. The minimum absolute atomic E-state index is 0.0640. The number of amides is 1. The fourth-order valence-electron chi connectivity index (χ4n) is 1.16. The lowest BCUT2D eigenvalue weighted by Crippen LogP contribution is -2.22. The summed E-state index contributed by atoms with van der Waals surface area (Å²) in [5.74, 6) is -2.08. The van der Waals surface area contributed by atoms with Crippen LogP contribution in [0.25, 0.3) is 0 Å². The summed E-state index contributed by atoms with van der Waals surface area (Å²) in [5.41, 5.74) is 0.559. The van der Waals surface area contributed by atoms with E-state index in [4.69, 9.17) is 9.52 Å². The van der Waals surface area contributed by atoms with E-state index >= 15 is 0 Å². The molecular formula is C10H8N2O5. The minimum atomic E-state index is -1.22. The van der Waals surface area contributed by atoms with E-state index in [2.05, 4.69) is 15.0 Å². The van der Waals surface area contributed by atoms with Gasteiger partial charge >= 0.3 is 5.97 Å². The first-order chi connectivity index (χ1) is 8.16. The first-order valence-corrected chi connectivity index (χ1v) is 4.67. The first-order valence-electron chi connectivity index (χ1n) is 4.67. The molecule has 2 aromatic rings. The second-order valence-electron chi connectivity index (χ2n) is 3.14. The van der Waals surface area contributed by atoms with E-state index in [1.54, 1.807) is 6.07 Å². The number of nitrogens with zero attached hydrogens (tertiary/aromatic N) is 1. The minimum Gasteiger partial charge on any atom is -0.475 e. The van der Waals surface area contributed by atoms with Gasteiger partial charge < -0.3 is 19.4 Å². The van der Waals surface area contributed by atoms with E-state index in [0.29, 0.717) is 5.69 Å². The molecule has 2 aromatic heterocycles. The van der Waals surface area contributed by atoms with Crippen LogP contribution in [0, 0.1) is 0 Å². The van der Waals surface area contributed by atoms with Gasteiger partial charge in [-0.15, -0.1) is 0 Å². The quantitative estimate of drug-likeness (QED) is 0.816. The predicted octanol–water partition coefficient (Wildman–Crippen LogP) is 0.896. The van der Waals surface area contributed by atoms with Crippen LogP contribution in [-0.2, 0) is 6.54 Å². The van der Waals surface area contributed by atoms with Crippen molar-refractivity contribution in [3.05, 3.63) is 41.7 Å². The molecular weight excluding hydrogens is 228 g/mol. The highest BCUT2D eigenvalue weighted by molar-refractivity contribution is 5.93. The number of carbonyl (C=O) groups excluding carboxylic acids is 1. The normalized spacial score (nSPS) is 10.1. The van der Waals surface area contributed by atoms with E-state index < -0.39 is 11.9 Å². The Kier molecular flexibility index (Phi) is 2.91. The summed E-state index contributed by atoms with van der Waals surface area (Å²) >= 11 is 0. The van der Waals surface area contributed by atoms with Crippen LogP contribution in [0.2, 0.25) is 0 Å². The maximum absolute atomic E-state index is 11.5. The Labute approximate surface area is 95.0 Å². The summed E-state index contributed by atoms with van der Waals surface area (Å²) < 4.78 is 9.41. The van der Waals surface area contributed by atoms with Crippen LogP contribution in [0.3, 0.4) is 0 Å². The molecule has 17 heavy (non-hydrogen) atoms. The molecule has 0 radical (unpaired) electrons. The molecule has 7 nitrogen and oxygen atoms in total. The van der Waals surface area contributed by atoms with Gasteiger partial charge in [0.2, 0.25) is 5.76 Å². The number of hydrogen-bond acceptors (Lipinski definition) is 5. The second kappa shape index (κ2) is 4.52. The van der Waals surface area contributed by atoms with Crippen molar-refractivity contribution in [3.63, 3.8) is 0 Å². The number of hydrogen-bond donors (Lipinski definition) is 2. The third-order valence-corrected chi connectivity index (χ3v) is 1.96. The van der Waals surface area contributed by atoms with Crippen LogP contribution in [-0.4, -0.2) is 22.1 Å². The molecule has 0 unspecified atom stereocenters. The number of furan rings is 1. The molecule has 2 heterocycles. The topological polar surface area (TPSA) is 106 Å². The van der Waals surface area contributed by atoms with Crippen molar-refractivity contribution in [2.45, 2.75) is 6.54 Å². The Morgan fingerprint density at radius 3 is 2.65 bits per heavy atom. The van der Waals surface area contributed by atoms with Crippen molar-refractivity contribution in [1.82, 2.24) is 10.5 Å². The molecule has 0 atom stereocenters. The zero-order valence-electron chi connectivity index (χ0n) is 8.54. The van der Waals surface area contributed by atoms with Crippen molar-refractivity contribution in [2.75, 3.05) is 0 Å². The van der Waals surface area contributed by atoms with Crippen LogP contribution < -0.4 is 5.32 Å². The average molecular weight is 236 g/mol. The number of rotatable bonds is 4. The van der Waals surface area contributed by atoms with Crippen molar-refractivity contribution >= 4 is 11.9 Å². The molecule has 2 N–H and O–H groups in total. The van der Waals surface area contributed by atoms with Crippen LogP contribution in [0.15, 0.2) is 33.4 Å². The SMILES string of the molecule is O=C(O)c1ccc(C(=O)NCc2ccon2)o1. The van der Waals surface area contributed by atoms with Gasteiger partial charge in [-0.2, -0.15) is 0 Å². The standard InChI is InChI=1S/C10H8N2O5/c13-9(11-5-6-3-4-16-12-6)7-1-2-8(17-7)10(14)15/h1-4H,5H2,(H,11,13)(H,14,15). The maximum atomic E-state index is 11.5. The van der Waals surface area contributed by atoms with Crippen LogP contribution >= 0.6 is 0 Å². The predicted molar refractivity (Wildman–Crippen MR) is 53.3 cm³/mol. The third-order valence-electron chi connectivity index (χ3n) is 1.96. The summed E-state index contributed by atoms with van der Waals surface area (Å²) in [7, 11) is 0. The van der Waals surface area contributed by atoms with E-state index in [0.717, 1.165) is 0 Å². The number of carboxylic acids is 1. The van der Waals surface area contributed by atoms with Gasteiger partial charge in [-0.1, -0.05) is 5.16 Å². The molecule has 0 aliphatic heterocycles. The highest BCUT2D eigenvalue weighted by Crippen LogP contribution is 2.07. The summed E-state index contributed by atoms with van der Waals surface area (Å²) in [6.45, 7) is 0.179. The van der Waals surface area contributed by atoms with E-state index in [1.165, 1.54) is 18.4 Å². The molecule has 7 heteroatoms. The zero-order valence-corrected chi connectivity index (χ0v) is 8.54. The summed E-state index contributed by atoms with van der Waals surface area (Å²) in [4.78, 5) is 22.1. The number of aromatic carboxylic acids is 1. The Morgan fingerprint density at radius 2 is 2.06 bits per heavy atom. The Hall–Kier alpha value is -2.57. The van der Waals surface area contributed by atoms with Crippen LogP contribution in [0.1, 0.15) is 26.8 Å². The van der Waals surface area contributed by atoms with Gasteiger partial charge in [0.1, 0.15) is 12.0 Å². The van der Waals surface area contributed by atoms with Crippen molar-refractivity contribution in [1.29, 1.82) is 0 Å². The van der Waals surface area contributed by atoms with Gasteiger partial charge in [-0.05, 0) is 12.1 Å². The highest BCUT2D eigenvalue weighted by Gasteiger charge is 2.14. The summed E-state index contributed by atoms with van der Waals surface area (Å²) in [6, 6.07) is 4.11. The molecule has 0 fully saturated rings. The van der Waals surface area contributed by atoms with Gasteiger partial charge in [-0.25, -0.2) is 4.79 Å². The molecule has 2 rings (SSSR count). The van der Waals surface area contributed by atoms with Crippen LogP contribution in [0.4, 0.5) is 0 Å². The lowest BCUT2D eigenvalue weighted by atomic mass is 10.4. The molecule has 0 saturated heterocycles. The highest BCUT2D eigenvalue weighted by atomic mass is 16.5. The van der Waals surface area contributed by atoms with E-state index in [1.807, 2.05) is 0 Å². The number of nitrogens with one attached hydrogen (secondary N) is 1. The van der Waals surface area contributed by atoms with Gasteiger partial charge in [-0.3, -0.25) is 4.79 Å². The molecule has 88 valence electrons. The van der Waals surface area contributed by atoms with Gasteiger partial charge in [0.25, 0.3) is 5.91 Å². The van der Waals surface area contributed by atoms with E-state index in [9.17, 15) is 9.59 Å². The van der Waals surface area contributed by atoms with Crippen molar-refractivity contribution < 1.29 is 23.6 Å². The van der Waals surface area contributed by atoms with Gasteiger partial charge in [0.05, 0.1) is 6.54 Å². The molecule has 1 amide bonds. The molecule has 0 spiro atoms. The zero-order chi connectivity index (χ0) is 12.3. The molecule has 0 saturated carbocycles. The average Bonchev–Trinajstić information content (AvgIpc) is 2.96. The van der Waals surface area contributed by atoms with E-state index in [-0.39, 0.29) is 18.1 Å². The summed E-state index contributed by atoms with van der Waals surface area (Å²) in [6.07, 6.45) is 1.39. The smallest absolute Gasteiger partial charge is 0.371 e. The molecule has 0 aliphatic rings. The Bertz CT molecular complexity index is 529. The molecule has 0 aliphatic carbocycles. The number of carboxylic acid groups (broad SMARTS) is 1. The monoisotopic (exact) mass is 236 g/mol. The lowest BCUT2D eigenvalue weighted by molar-refractivity contribution is 0.0659. The van der Waals surface area contributed by atoms with Crippen molar-refractivity contribution in [2.24, 2.45) is 0 Å². The molecule has 0 bridgehead atoms. The number of aromatic nitrogens is 1.